The third-order valence-corrected chi connectivity index (χ3v) is 9.19. The molecule has 1 aromatic carbocycles. The van der Waals surface area contributed by atoms with Gasteiger partial charge in [0, 0.05) is 29.4 Å². The van der Waals surface area contributed by atoms with Crippen molar-refractivity contribution in [2.75, 3.05) is 13.7 Å². The number of carboxylic acids is 1. The number of nitrogens with zero attached hydrogens (tertiary/aromatic N) is 1. The van der Waals surface area contributed by atoms with Crippen molar-refractivity contribution in [1.82, 2.24) is 4.90 Å². The maximum Gasteiger partial charge on any atom is 0.394 e. The van der Waals surface area contributed by atoms with E-state index in [0.717, 1.165) is 37.9 Å². The fourth-order valence-corrected chi connectivity index (χ4v) is 6.55. The van der Waals surface area contributed by atoms with Crippen molar-refractivity contribution in [2.45, 2.75) is 129 Å². The molecule has 2 aromatic rings. The summed E-state index contributed by atoms with van der Waals surface area (Å²) in [6.07, 6.45) is 21.2. The summed E-state index contributed by atoms with van der Waals surface area (Å²) in [4.78, 5) is 26.2. The van der Waals surface area contributed by atoms with Gasteiger partial charge in [-0.2, -0.15) is 8.42 Å². The van der Waals surface area contributed by atoms with Crippen LogP contribution in [-0.2, 0) is 37.7 Å². The van der Waals surface area contributed by atoms with Crippen LogP contribution in [0.5, 0.6) is 0 Å². The molecule has 9 nitrogen and oxygen atoms in total. The van der Waals surface area contributed by atoms with Crippen molar-refractivity contribution in [1.29, 1.82) is 0 Å². The molecule has 0 aliphatic carbocycles. The van der Waals surface area contributed by atoms with Gasteiger partial charge in [0.25, 0.3) is 0 Å². The van der Waals surface area contributed by atoms with Gasteiger partial charge >= 0.3 is 22.3 Å². The van der Waals surface area contributed by atoms with Crippen molar-refractivity contribution in [3.05, 3.63) is 56.7 Å². The minimum Gasteiger partial charge on any atom is -0.481 e. The van der Waals surface area contributed by atoms with Gasteiger partial charge in [-0.15, -0.1) is 11.3 Å². The number of aliphatic carboxylic acids is 1. The Balaban J connectivity index is 0.000000402. The molecule has 0 saturated carbocycles. The number of carbonyl (C=O) groups is 2. The molecule has 1 aliphatic heterocycles. The molecule has 2 heterocycles. The van der Waals surface area contributed by atoms with E-state index in [-0.39, 0.29) is 5.97 Å². The number of methoxy groups -OCH3 is 1. The quantitative estimate of drug-likeness (QED) is 0.0741. The SMILES string of the molecule is CCCCCCCCCCCCCCCCCC(=O)O.COC(=O)C(c1ccccc1Cl)N1CCc2sccc2C1.O=S(=O)(O)O. The van der Waals surface area contributed by atoms with E-state index in [1.165, 1.54) is 101 Å². The summed E-state index contributed by atoms with van der Waals surface area (Å²) in [5.74, 6) is -0.915. The number of halogens is 1. The largest absolute Gasteiger partial charge is 0.481 e. The van der Waals surface area contributed by atoms with Crippen LogP contribution in [0.1, 0.15) is 132 Å². The third-order valence-electron chi connectivity index (χ3n) is 7.82. The number of ether oxygens (including phenoxy) is 1. The summed E-state index contributed by atoms with van der Waals surface area (Å²) in [5.41, 5.74) is 2.11. The molecule has 1 aliphatic rings. The molecule has 3 rings (SSSR count). The minimum absolute atomic E-state index is 0.262. The molecule has 0 spiro atoms. The lowest BCUT2D eigenvalue weighted by Crippen LogP contribution is -2.38. The minimum atomic E-state index is -4.67. The van der Waals surface area contributed by atoms with Gasteiger partial charge in [-0.1, -0.05) is 127 Å². The third kappa shape index (κ3) is 20.3. The molecule has 1 atom stereocenters. The zero-order valence-electron chi connectivity index (χ0n) is 27.5. The van der Waals surface area contributed by atoms with E-state index in [1.807, 2.05) is 24.3 Å². The maximum atomic E-state index is 12.3. The van der Waals surface area contributed by atoms with Gasteiger partial charge in [0.05, 0.1) is 7.11 Å². The molecular weight excluding hydrogens is 650 g/mol. The average Bonchev–Trinajstić information content (AvgIpc) is 3.48. The van der Waals surface area contributed by atoms with Crippen LogP contribution in [0.3, 0.4) is 0 Å². The highest BCUT2D eigenvalue weighted by molar-refractivity contribution is 7.79. The van der Waals surface area contributed by atoms with E-state index < -0.39 is 22.4 Å². The maximum absolute atomic E-state index is 12.3. The fourth-order valence-electron chi connectivity index (χ4n) is 5.42. The van der Waals surface area contributed by atoms with E-state index in [4.69, 9.17) is 39.0 Å². The van der Waals surface area contributed by atoms with Crippen LogP contribution in [0.2, 0.25) is 5.02 Å². The summed E-state index contributed by atoms with van der Waals surface area (Å²) in [7, 11) is -3.24. The Kier molecular flexibility index (Phi) is 22.9. The smallest absolute Gasteiger partial charge is 0.394 e. The van der Waals surface area contributed by atoms with Gasteiger partial charge in [-0.3, -0.25) is 18.8 Å². The summed E-state index contributed by atoms with van der Waals surface area (Å²) in [5, 5.41) is 11.2. The first-order valence-corrected chi connectivity index (χ1v) is 19.2. The second-order valence-corrected chi connectivity index (χ2v) is 13.9. The molecule has 0 fully saturated rings. The van der Waals surface area contributed by atoms with Crippen molar-refractivity contribution in [3.63, 3.8) is 0 Å². The van der Waals surface area contributed by atoms with Crippen LogP contribution in [-0.4, -0.2) is 53.1 Å². The molecule has 262 valence electrons. The molecule has 1 aromatic heterocycles. The second-order valence-electron chi connectivity index (χ2n) is 11.6. The number of unbranched alkanes of at least 4 members (excludes halogenated alkanes) is 14. The van der Waals surface area contributed by atoms with Crippen molar-refractivity contribution >= 4 is 45.3 Å². The average molecular weight is 704 g/mol. The van der Waals surface area contributed by atoms with E-state index in [9.17, 15) is 9.59 Å². The van der Waals surface area contributed by atoms with Gasteiger partial charge in [-0.25, -0.2) is 4.79 Å². The van der Waals surface area contributed by atoms with Crippen molar-refractivity contribution in [2.24, 2.45) is 0 Å². The molecule has 0 amide bonds. The Morgan fingerprint density at radius 2 is 1.39 bits per heavy atom. The Hall–Kier alpha value is -2.02. The van der Waals surface area contributed by atoms with E-state index in [1.54, 1.807) is 11.3 Å². The molecule has 1 unspecified atom stereocenters. The normalized spacial score (nSPS) is 13.4. The number of carbonyl (C=O) groups excluding carboxylic acids is 1. The first-order chi connectivity index (χ1) is 22.0. The van der Waals surface area contributed by atoms with E-state index in [0.29, 0.717) is 11.4 Å². The predicted octanol–water partition coefficient (Wildman–Crippen LogP) is 9.35. The van der Waals surface area contributed by atoms with Crippen LogP contribution in [0.15, 0.2) is 35.7 Å². The van der Waals surface area contributed by atoms with Crippen molar-refractivity contribution < 1.29 is 37.0 Å². The standard InChI is InChI=1S/C18H36O2.C16H16ClNO2S.H2O4S/c1-2-3-4-5-6-7-8-9-10-11-12-13-14-15-16-17-18(19)20;1-20-16(19)15(12-4-2-3-5-13(12)17)18-8-6-14-11(10-18)7-9-21-14;1-5(2,3)4/h2-17H2,1H3,(H,19,20);2-5,7,9,15H,6,8,10H2,1H3;(H2,1,2,3,4). The molecule has 46 heavy (non-hydrogen) atoms. The highest BCUT2D eigenvalue weighted by Crippen LogP contribution is 2.34. The summed E-state index contributed by atoms with van der Waals surface area (Å²) in [6, 6.07) is 9.16. The molecule has 12 heteroatoms. The van der Waals surface area contributed by atoms with Crippen LogP contribution in [0, 0.1) is 0 Å². The van der Waals surface area contributed by atoms with Gasteiger partial charge in [0.15, 0.2) is 0 Å². The molecule has 0 radical (unpaired) electrons. The van der Waals surface area contributed by atoms with Gasteiger partial charge in [0.2, 0.25) is 0 Å². The van der Waals surface area contributed by atoms with Crippen LogP contribution in [0.25, 0.3) is 0 Å². The van der Waals surface area contributed by atoms with Gasteiger partial charge < -0.3 is 9.84 Å². The number of hydrogen-bond acceptors (Lipinski definition) is 7. The molecule has 0 bridgehead atoms. The van der Waals surface area contributed by atoms with Crippen LogP contribution < -0.4 is 0 Å². The summed E-state index contributed by atoms with van der Waals surface area (Å²) < 4.78 is 36.6. The second kappa shape index (κ2) is 25.1. The monoisotopic (exact) mass is 703 g/mol. The number of benzene rings is 1. The van der Waals surface area contributed by atoms with E-state index >= 15 is 0 Å². The first kappa shape index (κ1) is 42.0. The number of fused-ring (bicyclic) bond motifs is 1. The fraction of sp³-hybridized carbons (Fsp3) is 0.647. The predicted molar refractivity (Wildman–Crippen MR) is 186 cm³/mol. The molecular formula is C34H54ClNO8S2. The van der Waals surface area contributed by atoms with E-state index in [2.05, 4.69) is 23.3 Å². The number of carboxylic acid groups (broad SMARTS) is 1. The Morgan fingerprint density at radius 3 is 1.87 bits per heavy atom. The Bertz CT molecular complexity index is 1210. The zero-order chi connectivity index (χ0) is 34.2. The van der Waals surface area contributed by atoms with Gasteiger partial charge in [-0.05, 0) is 41.5 Å². The number of thiophene rings is 1. The van der Waals surface area contributed by atoms with Crippen LogP contribution in [0.4, 0.5) is 0 Å². The molecule has 0 saturated heterocycles. The number of hydrogen-bond donors (Lipinski definition) is 3. The number of esters is 1. The lowest BCUT2D eigenvalue weighted by Gasteiger charge is -2.33. The Labute approximate surface area is 285 Å². The summed E-state index contributed by atoms with van der Waals surface area (Å²) in [6.45, 7) is 3.86. The highest BCUT2D eigenvalue weighted by atomic mass is 35.5. The summed E-state index contributed by atoms with van der Waals surface area (Å²) >= 11 is 8.07. The van der Waals surface area contributed by atoms with Gasteiger partial charge in [0.1, 0.15) is 6.04 Å². The highest BCUT2D eigenvalue weighted by Gasteiger charge is 2.32. The lowest BCUT2D eigenvalue weighted by molar-refractivity contribution is -0.147. The lowest BCUT2D eigenvalue weighted by atomic mass is 10.0. The van der Waals surface area contributed by atoms with Crippen molar-refractivity contribution in [3.8, 4) is 0 Å². The Morgan fingerprint density at radius 1 is 0.891 bits per heavy atom. The number of rotatable bonds is 19. The first-order valence-electron chi connectivity index (χ1n) is 16.5. The topological polar surface area (TPSA) is 141 Å². The van der Waals surface area contributed by atoms with Crippen LogP contribution >= 0.6 is 22.9 Å². The molecule has 3 N–H and O–H groups in total. The zero-order valence-corrected chi connectivity index (χ0v) is 29.9.